The number of piperazine rings is 2. The van der Waals surface area contributed by atoms with Crippen molar-refractivity contribution in [3.05, 3.63) is 0 Å². The number of carboxylic acid groups (broad SMARTS) is 2. The second kappa shape index (κ2) is 38.2. The van der Waals surface area contributed by atoms with Gasteiger partial charge in [-0.2, -0.15) is 87.3 Å². The van der Waals surface area contributed by atoms with Crippen LogP contribution in [0.4, 0.5) is 0 Å². The molecule has 12 aliphatic rings. The first kappa shape index (κ1) is 86.5. The summed E-state index contributed by atoms with van der Waals surface area (Å²) < 4.78 is 113. The highest BCUT2D eigenvalue weighted by Gasteiger charge is 2.56. The highest BCUT2D eigenvalue weighted by molar-refractivity contribution is 7.87. The van der Waals surface area contributed by atoms with Gasteiger partial charge in [-0.15, -0.1) is 0 Å². The summed E-state index contributed by atoms with van der Waals surface area (Å²) in [4.78, 5) is 58.0. The minimum atomic E-state index is -3.81. The fourth-order valence-corrected chi connectivity index (χ4v) is 21.8. The summed E-state index contributed by atoms with van der Waals surface area (Å²) in [6.07, 6.45) is 9.39. The average molecular weight is 1490 g/mol. The van der Waals surface area contributed by atoms with Crippen molar-refractivity contribution in [2.75, 3.05) is 118 Å². The summed E-state index contributed by atoms with van der Waals surface area (Å²) in [6, 6.07) is -0.446. The molecule has 11 heterocycles. The van der Waals surface area contributed by atoms with Crippen molar-refractivity contribution < 1.29 is 113 Å². The number of rotatable bonds is 26. The van der Waals surface area contributed by atoms with Gasteiger partial charge in [-0.1, -0.05) is 25.7 Å². The standard InChI is InChI=1S/C13H27BN4O6S.C13H26BN3O4S.C12H25BN4O6S.C12H25BN4O4S.2CO2/c15-11-3-6-17(7-4-11)25(23,24)18-8-10(2-1-5-14(21)22)13(16,9-18)12(19)20;15-13-9-17(8-12(13)2-1-3-14(18)19)22(20,21)16-6-10-4-11(5-10)7-16;14-10-3-5-16(7-10)24(22,23)17-6-9(2-1-4-13(20)21)12(15,8-17)11(18)19;14-12-9-16(6-10(12)2-1-3-13(18)19)22(20,21)17-5-4-15-7-11(17)8-15;2*2-1-3/h10-11,21-22H,1-9,15-16H2,(H,19,20);10-13,18-19H,1-9,15H2;9-10,20-21H,1-8,14-15H2,(H,18,19);10-12,18-19H,1-9,14H2;;/t10-,13-;10?,11?,12-,13-;9-,10?,12-;10-,12-;;/m0000../s1. The van der Waals surface area contributed by atoms with Crippen molar-refractivity contribution >= 4 is 93.6 Å². The molecular weight excluding hydrogens is 1390 g/mol. The molecule has 0 aromatic carbocycles. The molecule has 0 radical (unpaired) electrons. The number of aliphatic carboxylic acids is 2. The van der Waals surface area contributed by atoms with Crippen LogP contribution in [0.1, 0.15) is 83.5 Å². The third-order valence-electron chi connectivity index (χ3n) is 20.5. The molecule has 22 N–H and O–H groups in total. The van der Waals surface area contributed by atoms with Gasteiger partial charge in [0.2, 0.25) is 0 Å². The van der Waals surface area contributed by atoms with E-state index in [0.29, 0.717) is 148 Å². The Morgan fingerprint density at radius 2 is 0.758 bits per heavy atom. The van der Waals surface area contributed by atoms with Gasteiger partial charge in [-0.25, -0.2) is 0 Å². The van der Waals surface area contributed by atoms with Gasteiger partial charge in [0.25, 0.3) is 40.8 Å². The number of carboxylic acids is 2. The molecule has 0 aromatic rings. The summed E-state index contributed by atoms with van der Waals surface area (Å²) >= 11 is 0. The molecule has 12 rings (SSSR count). The van der Waals surface area contributed by atoms with Crippen molar-refractivity contribution in [2.24, 2.45) is 69.9 Å². The molecule has 0 amide bonds. The Kier molecular flexibility index (Phi) is 33.4. The van der Waals surface area contributed by atoms with Crippen LogP contribution in [0, 0.1) is 35.5 Å². The fourth-order valence-electron chi connectivity index (χ4n) is 14.6. The number of nitrogens with two attached hydrogens (primary N) is 6. The maximum Gasteiger partial charge on any atom is 0.451 e. The Hall–Kier alpha value is -3.16. The third kappa shape index (κ3) is 23.4. The smallest absolute Gasteiger partial charge is 0.451 e. The van der Waals surface area contributed by atoms with Crippen LogP contribution in [0.2, 0.25) is 25.3 Å². The van der Waals surface area contributed by atoms with Gasteiger partial charge >= 0.3 is 52.7 Å². The van der Waals surface area contributed by atoms with Crippen molar-refractivity contribution in [3.63, 3.8) is 0 Å². The monoisotopic (exact) mass is 1490 g/mol. The largest absolute Gasteiger partial charge is 0.480 e. The number of nitrogens with zero attached hydrogens (tertiary/aromatic N) is 9. The summed E-state index contributed by atoms with van der Waals surface area (Å²) in [5.41, 5.74) is 32.4. The van der Waals surface area contributed by atoms with E-state index in [1.54, 1.807) is 8.61 Å². The van der Waals surface area contributed by atoms with Gasteiger partial charge in [-0.05, 0) is 107 Å². The Labute approximate surface area is 580 Å². The second-order valence-corrected chi connectivity index (χ2v) is 35.3. The van der Waals surface area contributed by atoms with E-state index in [1.807, 2.05) is 0 Å². The van der Waals surface area contributed by atoms with E-state index in [4.69, 9.17) is 93.8 Å². The molecule has 39 nitrogen and oxygen atoms in total. The van der Waals surface area contributed by atoms with Crippen molar-refractivity contribution in [2.45, 2.75) is 150 Å². The maximum absolute atomic E-state index is 12.8. The first-order valence-corrected chi connectivity index (χ1v) is 39.0. The summed E-state index contributed by atoms with van der Waals surface area (Å²) in [5.74, 6) is -2.40. The van der Waals surface area contributed by atoms with E-state index < -0.39 is 104 Å². The van der Waals surface area contributed by atoms with Gasteiger partial charge in [0, 0.05) is 154 Å². The molecule has 9 atom stereocenters. The van der Waals surface area contributed by atoms with Gasteiger partial charge in [0.1, 0.15) is 11.1 Å². The minimum absolute atomic E-state index is 0.00159. The Balaban J connectivity index is 0.000000232. The predicted molar refractivity (Wildman–Crippen MR) is 356 cm³/mol. The quantitative estimate of drug-likeness (QED) is 0.0358. The lowest BCUT2D eigenvalue weighted by molar-refractivity contribution is -0.193. The molecule has 1 aliphatic carbocycles. The summed E-state index contributed by atoms with van der Waals surface area (Å²) in [5, 5.41) is 90.1. The van der Waals surface area contributed by atoms with E-state index in [0.717, 1.165) is 41.1 Å². The van der Waals surface area contributed by atoms with Crippen LogP contribution in [0.3, 0.4) is 0 Å². The molecule has 47 heteroatoms. The van der Waals surface area contributed by atoms with E-state index >= 15 is 0 Å². The number of fused-ring (bicyclic) bond motifs is 4. The lowest BCUT2D eigenvalue weighted by Crippen LogP contribution is -2.69. The zero-order chi connectivity index (χ0) is 74.2. The van der Waals surface area contributed by atoms with Gasteiger partial charge in [0.15, 0.2) is 0 Å². The number of hydrogen-bond acceptors (Lipinski definition) is 29. The normalized spacial score (nSPS) is 31.7. The molecule has 11 aliphatic heterocycles. The van der Waals surface area contributed by atoms with E-state index in [9.17, 15) is 53.5 Å². The highest BCUT2D eigenvalue weighted by Crippen LogP contribution is 2.42. The molecule has 11 saturated heterocycles. The Morgan fingerprint density at radius 1 is 0.414 bits per heavy atom. The zero-order valence-electron chi connectivity index (χ0n) is 55.7. The number of carbonyl (C=O) groups excluding carboxylic acids is 4. The number of hydrogen-bond donors (Lipinski definition) is 16. The lowest BCUT2D eigenvalue weighted by Gasteiger charge is -2.51. The Bertz CT molecular complexity index is 3100. The second-order valence-electron chi connectivity index (χ2n) is 27.7. The molecule has 12 fully saturated rings. The van der Waals surface area contributed by atoms with Gasteiger partial charge < -0.3 is 84.8 Å². The van der Waals surface area contributed by atoms with Crippen LogP contribution >= 0.6 is 0 Å². The molecule has 1 saturated carbocycles. The molecule has 0 spiro atoms. The molecule has 99 heavy (non-hydrogen) atoms. The maximum atomic E-state index is 12.8. The lowest BCUT2D eigenvalue weighted by atomic mass is 9.72. The molecule has 566 valence electrons. The topological polar surface area (TPSA) is 627 Å². The van der Waals surface area contributed by atoms with Crippen LogP contribution in [-0.2, 0) is 69.6 Å². The van der Waals surface area contributed by atoms with E-state index in [-0.39, 0.29) is 99.7 Å². The van der Waals surface area contributed by atoms with Crippen LogP contribution in [0.25, 0.3) is 0 Å². The van der Waals surface area contributed by atoms with E-state index in [1.165, 1.54) is 30.1 Å². The SMILES string of the molecule is NC1CCN(S(=O)(=O)N2C[C@H](CCCB(O)O)[C@](N)(C(=O)O)C2)C1.NC1CCN(S(=O)(=O)N2C[C@H](CCCB(O)O)[C@](N)(C(=O)O)C2)CC1.N[C@H]1CN(S(=O)(=O)N2CC3CC(C3)C2)C[C@@H]1CCCB(O)O.N[C@H]1CN(S(=O)(=O)N2CCN3CC2C3)C[C@@H]1CCCB(O)O.O=C=O.O=C=O. The Morgan fingerprint density at radius 3 is 1.11 bits per heavy atom. The van der Waals surface area contributed by atoms with E-state index in [2.05, 4.69) is 4.90 Å². The number of carbonyl (C=O) groups is 2. The van der Waals surface area contributed by atoms with Crippen LogP contribution in [0.5, 0.6) is 0 Å². The summed E-state index contributed by atoms with van der Waals surface area (Å²) in [7, 11) is -19.9. The predicted octanol–water partition coefficient (Wildman–Crippen LogP) is -9.49. The third-order valence-corrected chi connectivity index (χ3v) is 28.3. The number of piperidine rings is 3. The van der Waals surface area contributed by atoms with Crippen molar-refractivity contribution in [1.29, 1.82) is 0 Å². The summed E-state index contributed by atoms with van der Waals surface area (Å²) in [6.45, 7) is 6.58. The van der Waals surface area contributed by atoms with Crippen LogP contribution in [0.15, 0.2) is 0 Å². The van der Waals surface area contributed by atoms with Gasteiger partial charge in [0.05, 0.1) is 6.04 Å². The molecular formula is C52H103B4N15O24S4. The van der Waals surface area contributed by atoms with Crippen molar-refractivity contribution in [1.82, 2.24) is 39.3 Å². The van der Waals surface area contributed by atoms with Crippen LogP contribution in [-0.4, -0.2) is 335 Å². The molecule has 4 bridgehead atoms. The first-order valence-electron chi connectivity index (χ1n) is 33.5. The van der Waals surface area contributed by atoms with Crippen molar-refractivity contribution in [3.8, 4) is 0 Å². The van der Waals surface area contributed by atoms with Gasteiger partial charge in [-0.3, -0.25) is 14.5 Å². The average Bonchev–Trinajstić information content (AvgIpc) is 1.76. The molecule has 0 aromatic heterocycles. The first-order chi connectivity index (χ1) is 46.2. The molecule has 1 unspecified atom stereocenters. The highest BCUT2D eigenvalue weighted by atomic mass is 32.2. The minimum Gasteiger partial charge on any atom is -0.480 e. The zero-order valence-corrected chi connectivity index (χ0v) is 59.0. The fraction of sp³-hybridized carbons (Fsp3) is 0.923. The van der Waals surface area contributed by atoms with Crippen LogP contribution < -0.4 is 34.4 Å².